The van der Waals surface area contributed by atoms with Gasteiger partial charge in [-0.1, -0.05) is 29.3 Å². The molecule has 0 atom stereocenters. The zero-order valence-corrected chi connectivity index (χ0v) is 7.60. The number of carbonyl (C=O) groups excluding carboxylic acids is 1. The summed E-state index contributed by atoms with van der Waals surface area (Å²) in [5.41, 5.74) is 0.406. The number of alkyl halides is 1. The zero-order chi connectivity index (χ0) is 8.97. The highest BCUT2D eigenvalue weighted by Gasteiger charge is 2.05. The van der Waals surface area contributed by atoms with E-state index in [0.29, 0.717) is 10.6 Å². The van der Waals surface area contributed by atoms with E-state index in [4.69, 9.17) is 23.2 Å². The van der Waals surface area contributed by atoms with E-state index in [9.17, 15) is 4.79 Å². The Morgan fingerprint density at radius 1 is 1.50 bits per heavy atom. The van der Waals surface area contributed by atoms with Crippen LogP contribution in [0.4, 0.5) is 0 Å². The molecule has 0 saturated carbocycles. The van der Waals surface area contributed by atoms with Gasteiger partial charge >= 0.3 is 5.97 Å². The molecular formula is C8H6Cl2O2. The summed E-state index contributed by atoms with van der Waals surface area (Å²) in [6, 6.07) is 6.34. The van der Waals surface area contributed by atoms with Gasteiger partial charge in [0.2, 0.25) is 0 Å². The van der Waals surface area contributed by atoms with Gasteiger partial charge in [0.05, 0.1) is 5.56 Å². The van der Waals surface area contributed by atoms with Crippen LogP contribution in [0, 0.1) is 0 Å². The molecule has 64 valence electrons. The Kier molecular flexibility index (Phi) is 3.38. The first-order chi connectivity index (χ1) is 5.74. The monoisotopic (exact) mass is 204 g/mol. The molecule has 1 aromatic rings. The van der Waals surface area contributed by atoms with E-state index in [0.717, 1.165) is 0 Å². The van der Waals surface area contributed by atoms with Crippen molar-refractivity contribution in [3.8, 4) is 0 Å². The topological polar surface area (TPSA) is 26.3 Å². The van der Waals surface area contributed by atoms with E-state index in [1.54, 1.807) is 18.2 Å². The molecule has 0 amide bonds. The molecule has 0 aromatic heterocycles. The van der Waals surface area contributed by atoms with Gasteiger partial charge in [-0.25, -0.2) is 4.79 Å². The second-order valence-corrected chi connectivity index (χ2v) is 2.71. The van der Waals surface area contributed by atoms with Crippen LogP contribution in [0.25, 0.3) is 0 Å². The summed E-state index contributed by atoms with van der Waals surface area (Å²) in [6.45, 7) is 0. The highest BCUT2D eigenvalue weighted by atomic mass is 35.5. The fourth-order valence-electron chi connectivity index (χ4n) is 0.748. The fourth-order valence-corrected chi connectivity index (χ4v) is 1.04. The largest absolute Gasteiger partial charge is 0.446 e. The molecule has 0 heterocycles. The number of hydrogen-bond donors (Lipinski definition) is 0. The van der Waals surface area contributed by atoms with Crippen molar-refractivity contribution in [1.82, 2.24) is 0 Å². The van der Waals surface area contributed by atoms with Gasteiger partial charge in [-0.3, -0.25) is 0 Å². The van der Waals surface area contributed by atoms with Crippen molar-refractivity contribution in [3.05, 3.63) is 34.9 Å². The number of halogens is 2. The Bertz CT molecular complexity index is 286. The zero-order valence-electron chi connectivity index (χ0n) is 6.09. The second kappa shape index (κ2) is 4.33. The number of esters is 1. The van der Waals surface area contributed by atoms with Crippen LogP contribution in [-0.4, -0.2) is 12.0 Å². The maximum absolute atomic E-state index is 11.0. The van der Waals surface area contributed by atoms with Crippen LogP contribution >= 0.6 is 23.2 Å². The molecule has 1 aromatic carbocycles. The number of carbonyl (C=O) groups is 1. The Balaban J connectivity index is 2.81. The molecule has 0 fully saturated rings. The van der Waals surface area contributed by atoms with Crippen molar-refractivity contribution in [2.24, 2.45) is 0 Å². The minimum absolute atomic E-state index is 0.147. The average molecular weight is 205 g/mol. The van der Waals surface area contributed by atoms with Crippen molar-refractivity contribution in [3.63, 3.8) is 0 Å². The van der Waals surface area contributed by atoms with Crippen molar-refractivity contribution >= 4 is 29.2 Å². The van der Waals surface area contributed by atoms with Crippen molar-refractivity contribution in [2.75, 3.05) is 6.07 Å². The molecule has 0 unspecified atom stereocenters. The van der Waals surface area contributed by atoms with E-state index in [1.807, 2.05) is 0 Å². The quantitative estimate of drug-likeness (QED) is 0.548. The SMILES string of the molecule is O=C(OCCl)c1cccc(Cl)c1. The molecule has 2 nitrogen and oxygen atoms in total. The molecule has 0 aliphatic rings. The van der Waals surface area contributed by atoms with Gasteiger partial charge in [0.1, 0.15) is 0 Å². The van der Waals surface area contributed by atoms with Gasteiger partial charge in [0.25, 0.3) is 0 Å². The van der Waals surface area contributed by atoms with Crippen LogP contribution in [0.3, 0.4) is 0 Å². The van der Waals surface area contributed by atoms with Crippen molar-refractivity contribution < 1.29 is 9.53 Å². The predicted octanol–water partition coefficient (Wildman–Crippen LogP) is 2.69. The Morgan fingerprint density at radius 2 is 2.25 bits per heavy atom. The van der Waals surface area contributed by atoms with Gasteiger partial charge in [-0.05, 0) is 18.2 Å². The number of hydrogen-bond acceptors (Lipinski definition) is 2. The Morgan fingerprint density at radius 3 is 2.83 bits per heavy atom. The van der Waals surface area contributed by atoms with Gasteiger partial charge in [0.15, 0.2) is 6.07 Å². The highest BCUT2D eigenvalue weighted by molar-refractivity contribution is 6.30. The van der Waals surface area contributed by atoms with Crippen molar-refractivity contribution in [1.29, 1.82) is 0 Å². The summed E-state index contributed by atoms with van der Waals surface area (Å²) < 4.78 is 4.55. The molecule has 0 radical (unpaired) electrons. The van der Waals surface area contributed by atoms with Gasteiger partial charge < -0.3 is 4.74 Å². The normalized spacial score (nSPS) is 9.50. The van der Waals surface area contributed by atoms with E-state index < -0.39 is 5.97 Å². The summed E-state index contributed by atoms with van der Waals surface area (Å²) in [5.74, 6) is -0.465. The second-order valence-electron chi connectivity index (χ2n) is 2.05. The average Bonchev–Trinajstić information content (AvgIpc) is 2.05. The highest BCUT2D eigenvalue weighted by Crippen LogP contribution is 2.11. The standard InChI is InChI=1S/C8H6Cl2O2/c9-5-12-8(11)6-2-1-3-7(10)4-6/h1-4H,5H2. The molecule has 4 heteroatoms. The van der Waals surface area contributed by atoms with E-state index in [1.165, 1.54) is 6.07 Å². The summed E-state index contributed by atoms with van der Waals surface area (Å²) in [7, 11) is 0. The molecule has 1 rings (SSSR count). The molecule has 0 N–H and O–H groups in total. The molecule has 0 aliphatic carbocycles. The van der Waals surface area contributed by atoms with Crippen LogP contribution in [0.5, 0.6) is 0 Å². The van der Waals surface area contributed by atoms with Gasteiger partial charge in [-0.15, -0.1) is 0 Å². The summed E-state index contributed by atoms with van der Waals surface area (Å²) in [6.07, 6.45) is 0. The minimum atomic E-state index is -0.465. The number of rotatable bonds is 2. The predicted molar refractivity (Wildman–Crippen MR) is 47.6 cm³/mol. The fraction of sp³-hybridized carbons (Fsp3) is 0.125. The van der Waals surface area contributed by atoms with Gasteiger partial charge in [-0.2, -0.15) is 0 Å². The molecular weight excluding hydrogens is 199 g/mol. The smallest absolute Gasteiger partial charge is 0.339 e. The molecule has 0 bridgehead atoms. The van der Waals surface area contributed by atoms with Gasteiger partial charge in [0, 0.05) is 5.02 Å². The third-order valence-electron chi connectivity index (χ3n) is 1.25. The summed E-state index contributed by atoms with van der Waals surface area (Å²) >= 11 is 10.9. The molecule has 0 spiro atoms. The third-order valence-corrected chi connectivity index (χ3v) is 1.59. The number of ether oxygens (including phenoxy) is 1. The maximum Gasteiger partial charge on any atom is 0.339 e. The first kappa shape index (κ1) is 9.36. The van der Waals surface area contributed by atoms with E-state index in [-0.39, 0.29) is 6.07 Å². The minimum Gasteiger partial charge on any atom is -0.446 e. The lowest BCUT2D eigenvalue weighted by Gasteiger charge is -1.99. The van der Waals surface area contributed by atoms with Crippen molar-refractivity contribution in [2.45, 2.75) is 0 Å². The lowest BCUT2D eigenvalue weighted by Crippen LogP contribution is -2.02. The van der Waals surface area contributed by atoms with Crippen LogP contribution in [-0.2, 0) is 4.74 Å². The number of benzene rings is 1. The maximum atomic E-state index is 11.0. The first-order valence-corrected chi connectivity index (χ1v) is 4.14. The molecule has 12 heavy (non-hydrogen) atoms. The van der Waals surface area contributed by atoms with E-state index in [2.05, 4.69) is 4.74 Å². The van der Waals surface area contributed by atoms with Crippen LogP contribution < -0.4 is 0 Å². The van der Waals surface area contributed by atoms with E-state index >= 15 is 0 Å². The third kappa shape index (κ3) is 2.40. The lowest BCUT2D eigenvalue weighted by atomic mass is 10.2. The van der Waals surface area contributed by atoms with Crippen LogP contribution in [0.1, 0.15) is 10.4 Å². The van der Waals surface area contributed by atoms with Crippen LogP contribution in [0.15, 0.2) is 24.3 Å². The molecule has 0 saturated heterocycles. The lowest BCUT2D eigenvalue weighted by molar-refractivity contribution is 0.0574. The van der Waals surface area contributed by atoms with Crippen LogP contribution in [0.2, 0.25) is 5.02 Å². The molecule has 0 aliphatic heterocycles. The Hall–Kier alpha value is -0.730. The summed E-state index contributed by atoms with van der Waals surface area (Å²) in [5, 5.41) is 0.499. The first-order valence-electron chi connectivity index (χ1n) is 3.22. The Labute approximate surface area is 80.0 Å². The summed E-state index contributed by atoms with van der Waals surface area (Å²) in [4.78, 5) is 11.0.